The molecule has 1 aromatic rings. The van der Waals surface area contributed by atoms with Crippen LogP contribution in [0.1, 0.15) is 36.8 Å². The number of sulfonamides is 1. The zero-order valence-corrected chi connectivity index (χ0v) is 14.2. The highest BCUT2D eigenvalue weighted by atomic mass is 32.2. The van der Waals surface area contributed by atoms with Crippen molar-refractivity contribution in [3.8, 4) is 5.75 Å². The van der Waals surface area contributed by atoms with Gasteiger partial charge < -0.3 is 10.1 Å². The van der Waals surface area contributed by atoms with Crippen LogP contribution in [0.3, 0.4) is 0 Å². The van der Waals surface area contributed by atoms with Gasteiger partial charge in [-0.1, -0.05) is 6.07 Å². The second-order valence-corrected chi connectivity index (χ2v) is 8.19. The highest BCUT2D eigenvalue weighted by molar-refractivity contribution is 7.89. The first-order valence-corrected chi connectivity index (χ1v) is 9.31. The van der Waals surface area contributed by atoms with Crippen LogP contribution in [0.5, 0.6) is 5.75 Å². The van der Waals surface area contributed by atoms with Crippen molar-refractivity contribution in [2.24, 2.45) is 0 Å². The number of methoxy groups -OCH3 is 1. The third-order valence-electron chi connectivity index (χ3n) is 4.67. The minimum Gasteiger partial charge on any atom is -0.495 e. The van der Waals surface area contributed by atoms with Crippen molar-refractivity contribution >= 4 is 10.0 Å². The lowest BCUT2D eigenvalue weighted by atomic mass is 10.0. The Hall–Kier alpha value is -1.11. The lowest BCUT2D eigenvalue weighted by Crippen LogP contribution is -2.48. The fourth-order valence-electron chi connectivity index (χ4n) is 3.84. The average molecular weight is 324 g/mol. The van der Waals surface area contributed by atoms with Gasteiger partial charge in [-0.2, -0.15) is 0 Å². The number of rotatable bonds is 4. The molecule has 2 N–H and O–H groups in total. The highest BCUT2D eigenvalue weighted by Crippen LogP contribution is 2.31. The monoisotopic (exact) mass is 324 g/mol. The molecule has 0 spiro atoms. The molecule has 3 rings (SSSR count). The van der Waals surface area contributed by atoms with Crippen molar-refractivity contribution in [1.82, 2.24) is 10.0 Å². The molecule has 0 saturated carbocycles. The third-order valence-corrected chi connectivity index (χ3v) is 6.37. The molecule has 2 aliphatic heterocycles. The fraction of sp³-hybridized carbons (Fsp3) is 0.625. The van der Waals surface area contributed by atoms with E-state index in [0.717, 1.165) is 36.8 Å². The van der Waals surface area contributed by atoms with Crippen molar-refractivity contribution in [3.05, 3.63) is 23.3 Å². The normalized spacial score (nSPS) is 27.9. The molecule has 2 aliphatic rings. The minimum absolute atomic E-state index is 0.00848. The predicted octanol–water partition coefficient (Wildman–Crippen LogP) is 1.87. The zero-order chi connectivity index (χ0) is 15.9. The van der Waals surface area contributed by atoms with Gasteiger partial charge in [0, 0.05) is 18.1 Å². The fourth-order valence-corrected chi connectivity index (χ4v) is 5.48. The number of fused-ring (bicyclic) bond motifs is 2. The summed E-state index contributed by atoms with van der Waals surface area (Å²) >= 11 is 0. The van der Waals surface area contributed by atoms with Crippen molar-refractivity contribution in [2.45, 2.75) is 62.6 Å². The summed E-state index contributed by atoms with van der Waals surface area (Å²) in [5.74, 6) is 0.418. The van der Waals surface area contributed by atoms with Crippen molar-refractivity contribution < 1.29 is 13.2 Å². The number of ether oxygens (including phenoxy) is 1. The Balaban J connectivity index is 1.87. The lowest BCUT2D eigenvalue weighted by molar-refractivity contribution is 0.344. The van der Waals surface area contributed by atoms with Gasteiger partial charge in [-0.25, -0.2) is 13.1 Å². The number of nitrogens with one attached hydrogen (secondary N) is 2. The van der Waals surface area contributed by atoms with Crippen LogP contribution in [0.15, 0.2) is 17.0 Å². The number of aryl methyl sites for hydroxylation is 2. The molecular weight excluding hydrogens is 300 g/mol. The molecule has 0 aliphatic carbocycles. The summed E-state index contributed by atoms with van der Waals surface area (Å²) in [6.07, 6.45) is 4.03. The first kappa shape index (κ1) is 15.8. The average Bonchev–Trinajstić information content (AvgIpc) is 2.76. The van der Waals surface area contributed by atoms with E-state index in [-0.39, 0.29) is 10.9 Å². The van der Waals surface area contributed by atoms with Crippen LogP contribution in [0.4, 0.5) is 0 Å². The van der Waals surface area contributed by atoms with Crippen molar-refractivity contribution in [3.63, 3.8) is 0 Å². The van der Waals surface area contributed by atoms with Crippen LogP contribution in [0.25, 0.3) is 0 Å². The largest absolute Gasteiger partial charge is 0.495 e. The Morgan fingerprint density at radius 3 is 2.41 bits per heavy atom. The maximum atomic E-state index is 12.8. The van der Waals surface area contributed by atoms with Gasteiger partial charge in [0.05, 0.1) is 7.11 Å². The van der Waals surface area contributed by atoms with Gasteiger partial charge >= 0.3 is 0 Å². The summed E-state index contributed by atoms with van der Waals surface area (Å²) < 4.78 is 33.9. The lowest BCUT2D eigenvalue weighted by Gasteiger charge is -2.29. The number of hydrogen-bond acceptors (Lipinski definition) is 4. The quantitative estimate of drug-likeness (QED) is 0.887. The minimum atomic E-state index is -3.57. The summed E-state index contributed by atoms with van der Waals surface area (Å²) in [5.41, 5.74) is 1.72. The molecule has 6 heteroatoms. The molecule has 0 aromatic heterocycles. The summed E-state index contributed by atoms with van der Waals surface area (Å²) in [6.45, 7) is 3.75. The second kappa shape index (κ2) is 5.83. The maximum absolute atomic E-state index is 12.8. The van der Waals surface area contributed by atoms with E-state index in [2.05, 4.69) is 10.0 Å². The molecule has 122 valence electrons. The molecule has 2 atom stereocenters. The van der Waals surface area contributed by atoms with Crippen LogP contribution >= 0.6 is 0 Å². The third kappa shape index (κ3) is 3.00. The van der Waals surface area contributed by atoms with Crippen molar-refractivity contribution in [1.29, 1.82) is 0 Å². The SMILES string of the molecule is COc1cc(C)cc(C)c1S(=O)(=O)NC1CC2CCC(C1)N2. The molecule has 2 heterocycles. The molecule has 0 amide bonds. The summed E-state index contributed by atoms with van der Waals surface area (Å²) in [4.78, 5) is 0.270. The first-order chi connectivity index (χ1) is 10.4. The van der Waals surface area contributed by atoms with Gasteiger partial charge in [-0.3, -0.25) is 0 Å². The van der Waals surface area contributed by atoms with E-state index >= 15 is 0 Å². The number of hydrogen-bond donors (Lipinski definition) is 2. The van der Waals surface area contributed by atoms with Gasteiger partial charge in [0.15, 0.2) is 0 Å². The van der Waals surface area contributed by atoms with Crippen molar-refractivity contribution in [2.75, 3.05) is 7.11 Å². The summed E-state index contributed by atoms with van der Waals surface area (Å²) in [6, 6.07) is 4.56. The molecule has 2 fully saturated rings. The van der Waals surface area contributed by atoms with E-state index in [9.17, 15) is 8.42 Å². The van der Waals surface area contributed by atoms with E-state index < -0.39 is 10.0 Å². The Bertz CT molecular complexity index is 660. The Morgan fingerprint density at radius 2 is 1.82 bits per heavy atom. The molecule has 1 aromatic carbocycles. The molecule has 0 radical (unpaired) electrons. The predicted molar refractivity (Wildman–Crippen MR) is 85.8 cm³/mol. The standard InChI is InChI=1S/C16H24N2O3S/c1-10-6-11(2)16(15(7-10)21-3)22(19,20)18-14-8-12-4-5-13(9-14)17-12/h6-7,12-14,17-18H,4-5,8-9H2,1-3H3. The van der Waals surface area contributed by atoms with Gasteiger partial charge in [0.25, 0.3) is 0 Å². The maximum Gasteiger partial charge on any atom is 0.244 e. The molecule has 2 unspecified atom stereocenters. The molecule has 2 bridgehead atoms. The number of benzene rings is 1. The van der Waals surface area contributed by atoms with Gasteiger partial charge in [-0.05, 0) is 56.7 Å². The van der Waals surface area contributed by atoms with Crippen LogP contribution in [-0.4, -0.2) is 33.7 Å². The highest BCUT2D eigenvalue weighted by Gasteiger charge is 2.36. The van der Waals surface area contributed by atoms with Crippen LogP contribution in [0, 0.1) is 13.8 Å². The Kier molecular flexibility index (Phi) is 4.18. The molecule has 2 saturated heterocycles. The summed E-state index contributed by atoms with van der Waals surface area (Å²) in [7, 11) is -2.06. The second-order valence-electron chi connectivity index (χ2n) is 6.54. The molecule has 22 heavy (non-hydrogen) atoms. The topological polar surface area (TPSA) is 67.4 Å². The Labute approximate surface area is 132 Å². The number of piperidine rings is 1. The summed E-state index contributed by atoms with van der Waals surface area (Å²) in [5, 5.41) is 3.53. The van der Waals surface area contributed by atoms with Gasteiger partial charge in [0.2, 0.25) is 10.0 Å². The van der Waals surface area contributed by atoms with Gasteiger partial charge in [0.1, 0.15) is 10.6 Å². The van der Waals surface area contributed by atoms with E-state index in [1.807, 2.05) is 19.9 Å². The van der Waals surface area contributed by atoms with Gasteiger partial charge in [-0.15, -0.1) is 0 Å². The van der Waals surface area contributed by atoms with E-state index in [1.165, 1.54) is 7.11 Å². The Morgan fingerprint density at radius 1 is 1.18 bits per heavy atom. The van der Waals surface area contributed by atoms with E-state index in [0.29, 0.717) is 17.8 Å². The first-order valence-electron chi connectivity index (χ1n) is 7.82. The van der Waals surface area contributed by atoms with Crippen LogP contribution < -0.4 is 14.8 Å². The van der Waals surface area contributed by atoms with E-state index in [4.69, 9.17) is 4.74 Å². The smallest absolute Gasteiger partial charge is 0.244 e. The molecule has 5 nitrogen and oxygen atoms in total. The van der Waals surface area contributed by atoms with Crippen LogP contribution in [0.2, 0.25) is 0 Å². The van der Waals surface area contributed by atoms with Crippen LogP contribution in [-0.2, 0) is 10.0 Å². The zero-order valence-electron chi connectivity index (χ0n) is 13.3. The molecular formula is C16H24N2O3S. The van der Waals surface area contributed by atoms with E-state index in [1.54, 1.807) is 6.07 Å².